The molecule has 1 aliphatic heterocycles. The van der Waals surface area contributed by atoms with Gasteiger partial charge in [-0.2, -0.15) is 0 Å². The number of hydrogen-bond acceptors (Lipinski definition) is 5. The maximum Gasteiger partial charge on any atom is 0.341 e. The number of aromatic nitrogens is 1. The molecule has 1 N–H and O–H groups in total. The molecule has 1 fully saturated rings. The average molecular weight is 236 g/mol. The topological polar surface area (TPSA) is 62.7 Å². The summed E-state index contributed by atoms with van der Waals surface area (Å²) in [5.41, 5.74) is 0.475. The largest absolute Gasteiger partial charge is 0.460 e. The number of rotatable bonds is 4. The van der Waals surface area contributed by atoms with Gasteiger partial charge in [-0.3, -0.25) is 0 Å². The van der Waals surface area contributed by atoms with Crippen molar-refractivity contribution < 1.29 is 14.6 Å². The van der Waals surface area contributed by atoms with E-state index in [0.29, 0.717) is 11.4 Å². The van der Waals surface area contributed by atoms with E-state index in [0.717, 1.165) is 25.9 Å². The molecule has 0 aliphatic carbocycles. The van der Waals surface area contributed by atoms with Gasteiger partial charge in [-0.1, -0.05) is 0 Å². The van der Waals surface area contributed by atoms with Gasteiger partial charge in [0.2, 0.25) is 0 Å². The second-order valence-electron chi connectivity index (χ2n) is 3.93. The van der Waals surface area contributed by atoms with E-state index in [1.54, 1.807) is 18.3 Å². The average Bonchev–Trinajstić information content (AvgIpc) is 2.89. The molecule has 1 aromatic rings. The Morgan fingerprint density at radius 1 is 1.47 bits per heavy atom. The van der Waals surface area contributed by atoms with Crippen LogP contribution >= 0.6 is 0 Å². The van der Waals surface area contributed by atoms with Gasteiger partial charge in [0.15, 0.2) is 0 Å². The number of anilines is 1. The molecule has 0 amide bonds. The van der Waals surface area contributed by atoms with E-state index in [1.165, 1.54) is 0 Å². The highest BCUT2D eigenvalue weighted by Crippen LogP contribution is 2.22. The maximum absolute atomic E-state index is 11.8. The van der Waals surface area contributed by atoms with Crippen LogP contribution in [0.2, 0.25) is 0 Å². The van der Waals surface area contributed by atoms with Crippen molar-refractivity contribution in [1.29, 1.82) is 0 Å². The second-order valence-corrected chi connectivity index (χ2v) is 3.93. The predicted molar refractivity (Wildman–Crippen MR) is 63.1 cm³/mol. The Labute approximate surface area is 100 Å². The van der Waals surface area contributed by atoms with Gasteiger partial charge >= 0.3 is 5.97 Å². The van der Waals surface area contributed by atoms with Crippen molar-refractivity contribution in [3.05, 3.63) is 23.9 Å². The fourth-order valence-electron chi connectivity index (χ4n) is 1.95. The molecule has 1 aliphatic rings. The van der Waals surface area contributed by atoms with Crippen molar-refractivity contribution >= 4 is 11.8 Å². The van der Waals surface area contributed by atoms with Crippen LogP contribution < -0.4 is 4.90 Å². The third-order valence-electron chi connectivity index (χ3n) is 2.74. The predicted octanol–water partition coefficient (Wildman–Crippen LogP) is 0.831. The highest BCUT2D eigenvalue weighted by molar-refractivity contribution is 5.94. The summed E-state index contributed by atoms with van der Waals surface area (Å²) in [5, 5.41) is 8.64. The summed E-state index contributed by atoms with van der Waals surface area (Å²) in [7, 11) is 0. The van der Waals surface area contributed by atoms with E-state index in [4.69, 9.17) is 9.84 Å². The number of pyridine rings is 1. The Hall–Kier alpha value is -1.62. The van der Waals surface area contributed by atoms with Crippen LogP contribution in [0.4, 0.5) is 5.82 Å². The van der Waals surface area contributed by atoms with Crippen LogP contribution in [0.1, 0.15) is 23.2 Å². The summed E-state index contributed by atoms with van der Waals surface area (Å²) in [4.78, 5) is 18.1. The summed E-state index contributed by atoms with van der Waals surface area (Å²) in [6, 6.07) is 3.43. The molecule has 92 valence electrons. The summed E-state index contributed by atoms with van der Waals surface area (Å²) in [6.07, 6.45) is 3.93. The first-order chi connectivity index (χ1) is 8.33. The Kier molecular flexibility index (Phi) is 3.93. The Morgan fingerprint density at radius 2 is 2.24 bits per heavy atom. The minimum atomic E-state index is -0.422. The van der Waals surface area contributed by atoms with E-state index in [9.17, 15) is 4.79 Å². The lowest BCUT2D eigenvalue weighted by Gasteiger charge is -2.18. The smallest absolute Gasteiger partial charge is 0.341 e. The van der Waals surface area contributed by atoms with Gasteiger partial charge in [0.25, 0.3) is 0 Å². The quantitative estimate of drug-likeness (QED) is 0.784. The molecule has 2 heterocycles. The molecule has 0 bridgehead atoms. The molecule has 0 saturated carbocycles. The van der Waals surface area contributed by atoms with Gasteiger partial charge < -0.3 is 14.7 Å². The molecule has 0 unspecified atom stereocenters. The van der Waals surface area contributed by atoms with E-state index < -0.39 is 5.97 Å². The van der Waals surface area contributed by atoms with Crippen LogP contribution in [0.15, 0.2) is 18.3 Å². The van der Waals surface area contributed by atoms with Gasteiger partial charge in [0.1, 0.15) is 18.0 Å². The van der Waals surface area contributed by atoms with Gasteiger partial charge in [-0.15, -0.1) is 0 Å². The molecular weight excluding hydrogens is 220 g/mol. The number of aliphatic hydroxyl groups is 1. The zero-order valence-electron chi connectivity index (χ0n) is 9.63. The molecule has 0 radical (unpaired) electrons. The van der Waals surface area contributed by atoms with Crippen molar-refractivity contribution in [2.24, 2.45) is 0 Å². The second kappa shape index (κ2) is 5.63. The molecule has 0 aromatic carbocycles. The van der Waals surface area contributed by atoms with E-state index in [1.807, 2.05) is 0 Å². The lowest BCUT2D eigenvalue weighted by atomic mass is 10.2. The highest BCUT2D eigenvalue weighted by atomic mass is 16.5. The molecule has 1 aromatic heterocycles. The standard InChI is InChI=1S/C12H16N2O3/c15-8-9-17-12(16)10-4-3-5-13-11(10)14-6-1-2-7-14/h3-5,15H,1-2,6-9H2. The molecule has 2 rings (SSSR count). The first-order valence-electron chi connectivity index (χ1n) is 5.81. The lowest BCUT2D eigenvalue weighted by molar-refractivity contribution is 0.0434. The summed E-state index contributed by atoms with van der Waals surface area (Å²) >= 11 is 0. The third-order valence-corrected chi connectivity index (χ3v) is 2.74. The SMILES string of the molecule is O=C(OCCO)c1cccnc1N1CCCC1. The minimum absolute atomic E-state index is 0.0210. The Bertz CT molecular complexity index is 389. The summed E-state index contributed by atoms with van der Waals surface area (Å²) in [6.45, 7) is 1.72. The minimum Gasteiger partial charge on any atom is -0.460 e. The molecule has 1 saturated heterocycles. The van der Waals surface area contributed by atoms with E-state index >= 15 is 0 Å². The maximum atomic E-state index is 11.8. The number of esters is 1. The third kappa shape index (κ3) is 2.74. The van der Waals surface area contributed by atoms with Gasteiger partial charge in [0, 0.05) is 19.3 Å². The lowest BCUT2D eigenvalue weighted by Crippen LogP contribution is -2.23. The number of ether oxygens (including phenoxy) is 1. The van der Waals surface area contributed by atoms with Crippen LogP contribution in [0, 0.1) is 0 Å². The monoisotopic (exact) mass is 236 g/mol. The Balaban J connectivity index is 2.17. The highest BCUT2D eigenvalue weighted by Gasteiger charge is 2.21. The van der Waals surface area contributed by atoms with Gasteiger partial charge in [0.05, 0.1) is 6.61 Å². The summed E-state index contributed by atoms with van der Waals surface area (Å²) in [5.74, 6) is 0.266. The number of aliphatic hydroxyl groups excluding tert-OH is 1. The van der Waals surface area contributed by atoms with Crippen LogP contribution in [0.3, 0.4) is 0 Å². The molecular formula is C12H16N2O3. The van der Waals surface area contributed by atoms with Crippen LogP contribution in [0.25, 0.3) is 0 Å². The molecule has 0 atom stereocenters. The van der Waals surface area contributed by atoms with Crippen molar-refractivity contribution in [2.45, 2.75) is 12.8 Å². The van der Waals surface area contributed by atoms with Crippen LogP contribution in [0.5, 0.6) is 0 Å². The number of hydrogen-bond donors (Lipinski definition) is 1. The van der Waals surface area contributed by atoms with Crippen molar-refractivity contribution in [3.8, 4) is 0 Å². The van der Waals surface area contributed by atoms with Crippen molar-refractivity contribution in [1.82, 2.24) is 4.98 Å². The van der Waals surface area contributed by atoms with Gasteiger partial charge in [-0.25, -0.2) is 9.78 Å². The number of carbonyl (C=O) groups excluding carboxylic acids is 1. The molecule has 0 spiro atoms. The molecule has 5 nitrogen and oxygen atoms in total. The van der Waals surface area contributed by atoms with Gasteiger partial charge in [-0.05, 0) is 25.0 Å². The van der Waals surface area contributed by atoms with Crippen molar-refractivity contribution in [2.75, 3.05) is 31.2 Å². The fraction of sp³-hybridized carbons (Fsp3) is 0.500. The van der Waals surface area contributed by atoms with Crippen LogP contribution in [-0.2, 0) is 4.74 Å². The normalized spacial score (nSPS) is 15.0. The first kappa shape index (κ1) is 11.9. The zero-order chi connectivity index (χ0) is 12.1. The fourth-order valence-corrected chi connectivity index (χ4v) is 1.95. The Morgan fingerprint density at radius 3 is 2.94 bits per heavy atom. The summed E-state index contributed by atoms with van der Waals surface area (Å²) < 4.78 is 4.92. The van der Waals surface area contributed by atoms with Crippen LogP contribution in [-0.4, -0.2) is 42.4 Å². The van der Waals surface area contributed by atoms with E-state index in [-0.39, 0.29) is 13.2 Å². The number of nitrogens with zero attached hydrogens (tertiary/aromatic N) is 2. The molecule has 5 heteroatoms. The first-order valence-corrected chi connectivity index (χ1v) is 5.81. The zero-order valence-corrected chi connectivity index (χ0v) is 9.63. The van der Waals surface area contributed by atoms with Crippen molar-refractivity contribution in [3.63, 3.8) is 0 Å². The number of carbonyl (C=O) groups is 1. The van der Waals surface area contributed by atoms with E-state index in [2.05, 4.69) is 9.88 Å². The molecule has 17 heavy (non-hydrogen) atoms.